The first-order chi connectivity index (χ1) is 6.45. The van der Waals surface area contributed by atoms with E-state index in [0.717, 1.165) is 6.08 Å². The van der Waals surface area contributed by atoms with Crippen LogP contribution >= 0.6 is 0 Å². The number of rotatable bonds is 4. The molecule has 0 radical (unpaired) electrons. The predicted octanol–water partition coefficient (Wildman–Crippen LogP) is 0.657. The molecule has 5 nitrogen and oxygen atoms in total. The third-order valence-electron chi connectivity index (χ3n) is 1.09. The molecule has 0 fully saturated rings. The van der Waals surface area contributed by atoms with E-state index in [4.69, 9.17) is 15.3 Å². The maximum atomic E-state index is 10.1. The minimum Gasteiger partial charge on any atom is -0.478 e. The molecule has 0 aromatic carbocycles. The molecule has 0 rings (SSSR count). The van der Waals surface area contributed by atoms with Crippen LogP contribution in [0.25, 0.3) is 0 Å². The van der Waals surface area contributed by atoms with Crippen LogP contribution in [-0.2, 0) is 9.59 Å². The van der Waals surface area contributed by atoms with E-state index in [9.17, 15) is 9.59 Å². The van der Waals surface area contributed by atoms with Crippen molar-refractivity contribution in [3.63, 3.8) is 0 Å². The summed E-state index contributed by atoms with van der Waals surface area (Å²) in [4.78, 5) is 19.3. The van der Waals surface area contributed by atoms with Gasteiger partial charge in [0, 0.05) is 18.3 Å². The van der Waals surface area contributed by atoms with Gasteiger partial charge in [0.25, 0.3) is 0 Å². The van der Waals surface area contributed by atoms with Crippen LogP contribution in [0.4, 0.5) is 0 Å². The molecular formula is C9H14O5. The minimum absolute atomic E-state index is 0.00458. The van der Waals surface area contributed by atoms with Crippen LogP contribution in [0.5, 0.6) is 0 Å². The zero-order valence-electron chi connectivity index (χ0n) is 7.93. The fourth-order valence-electron chi connectivity index (χ4n) is 0.368. The Kier molecular flexibility index (Phi) is 10.1. The average Bonchev–Trinajstić information content (AvgIpc) is 2.14. The monoisotopic (exact) mass is 202 g/mol. The number of hydrogen-bond donors (Lipinski definition) is 3. The summed E-state index contributed by atoms with van der Waals surface area (Å²) >= 11 is 0. The van der Waals surface area contributed by atoms with Gasteiger partial charge in [0.05, 0.1) is 0 Å². The van der Waals surface area contributed by atoms with Gasteiger partial charge >= 0.3 is 11.9 Å². The van der Waals surface area contributed by atoms with Gasteiger partial charge in [-0.1, -0.05) is 12.7 Å². The standard InChI is InChI=1S/C6H10O3.C3H4O2/c1-5(6(8)9)3-2-4-7;1-2-3(4)5/h3,7H,2,4H2,1H3,(H,8,9);2H,1H2,(H,4,5). The fourth-order valence-corrected chi connectivity index (χ4v) is 0.368. The van der Waals surface area contributed by atoms with Crippen LogP contribution in [0.15, 0.2) is 24.3 Å². The van der Waals surface area contributed by atoms with Crippen LogP contribution in [-0.4, -0.2) is 33.9 Å². The number of carbonyl (C=O) groups is 2. The molecule has 3 N–H and O–H groups in total. The van der Waals surface area contributed by atoms with E-state index in [2.05, 4.69) is 6.58 Å². The lowest BCUT2D eigenvalue weighted by atomic mass is 10.2. The van der Waals surface area contributed by atoms with E-state index < -0.39 is 11.9 Å². The summed E-state index contributed by atoms with van der Waals surface area (Å²) in [6.07, 6.45) is 2.74. The molecule has 0 spiro atoms. The number of aliphatic hydroxyl groups excluding tert-OH is 1. The van der Waals surface area contributed by atoms with Crippen molar-refractivity contribution in [1.29, 1.82) is 0 Å². The minimum atomic E-state index is -0.981. The SMILES string of the molecule is C=CC(=O)O.CC(=CCCO)C(=O)O. The predicted molar refractivity (Wildman–Crippen MR) is 50.9 cm³/mol. The molecule has 0 aromatic heterocycles. The summed E-state index contributed by atoms with van der Waals surface area (Å²) in [6.45, 7) is 4.46. The maximum absolute atomic E-state index is 10.1. The van der Waals surface area contributed by atoms with Gasteiger partial charge in [-0.15, -0.1) is 0 Å². The third kappa shape index (κ3) is 13.0. The van der Waals surface area contributed by atoms with E-state index in [1.807, 2.05) is 0 Å². The van der Waals surface area contributed by atoms with Crippen molar-refractivity contribution in [2.75, 3.05) is 6.61 Å². The van der Waals surface area contributed by atoms with Crippen molar-refractivity contribution in [2.24, 2.45) is 0 Å². The quantitative estimate of drug-likeness (QED) is 0.582. The molecule has 5 heteroatoms. The van der Waals surface area contributed by atoms with Gasteiger partial charge in [-0.3, -0.25) is 0 Å². The van der Waals surface area contributed by atoms with Gasteiger partial charge in [0.1, 0.15) is 0 Å². The molecule has 0 aliphatic heterocycles. The molecule has 0 saturated carbocycles. The second-order valence-electron chi connectivity index (χ2n) is 2.25. The Balaban J connectivity index is 0. The van der Waals surface area contributed by atoms with Crippen LogP contribution in [0.1, 0.15) is 13.3 Å². The smallest absolute Gasteiger partial charge is 0.330 e. The number of aliphatic hydroxyl groups is 1. The highest BCUT2D eigenvalue weighted by Crippen LogP contribution is 1.93. The Bertz CT molecular complexity index is 229. The molecule has 80 valence electrons. The summed E-state index contributed by atoms with van der Waals surface area (Å²) in [5.74, 6) is -1.91. The second kappa shape index (κ2) is 9.47. The van der Waals surface area contributed by atoms with Gasteiger partial charge < -0.3 is 15.3 Å². The van der Waals surface area contributed by atoms with Crippen LogP contribution < -0.4 is 0 Å². The lowest BCUT2D eigenvalue weighted by molar-refractivity contribution is -0.133. The first-order valence-corrected chi connectivity index (χ1v) is 3.82. The number of aliphatic carboxylic acids is 2. The highest BCUT2D eigenvalue weighted by Gasteiger charge is 1.96. The molecule has 0 unspecified atom stereocenters. The van der Waals surface area contributed by atoms with Crippen LogP contribution in [0.2, 0.25) is 0 Å². The summed E-state index contributed by atoms with van der Waals surface area (Å²) in [5, 5.41) is 24.1. The van der Waals surface area contributed by atoms with Gasteiger partial charge in [-0.05, 0) is 13.3 Å². The molecule has 14 heavy (non-hydrogen) atoms. The van der Waals surface area contributed by atoms with Crippen molar-refractivity contribution in [2.45, 2.75) is 13.3 Å². The molecule has 0 aliphatic carbocycles. The normalized spacial score (nSPS) is 9.71. The molecule has 0 saturated heterocycles. The Morgan fingerprint density at radius 2 is 1.79 bits per heavy atom. The lowest BCUT2D eigenvalue weighted by Crippen LogP contribution is -1.95. The average molecular weight is 202 g/mol. The maximum Gasteiger partial charge on any atom is 0.330 e. The Labute approximate surface area is 82.0 Å². The largest absolute Gasteiger partial charge is 0.478 e. The summed E-state index contributed by atoms with van der Waals surface area (Å²) in [7, 11) is 0. The third-order valence-corrected chi connectivity index (χ3v) is 1.09. The highest BCUT2D eigenvalue weighted by atomic mass is 16.4. The molecule has 0 atom stereocenters. The van der Waals surface area contributed by atoms with Crippen molar-refractivity contribution < 1.29 is 24.9 Å². The molecule has 0 aliphatic rings. The topological polar surface area (TPSA) is 94.8 Å². The Morgan fingerprint density at radius 1 is 1.36 bits per heavy atom. The zero-order chi connectivity index (χ0) is 11.6. The van der Waals surface area contributed by atoms with Crippen LogP contribution in [0, 0.1) is 0 Å². The van der Waals surface area contributed by atoms with Crippen LogP contribution in [0.3, 0.4) is 0 Å². The first kappa shape index (κ1) is 14.9. The van der Waals surface area contributed by atoms with Gasteiger partial charge in [-0.25, -0.2) is 9.59 Å². The van der Waals surface area contributed by atoms with E-state index >= 15 is 0 Å². The molecular weight excluding hydrogens is 188 g/mol. The highest BCUT2D eigenvalue weighted by molar-refractivity contribution is 5.85. The van der Waals surface area contributed by atoms with Crippen molar-refractivity contribution >= 4 is 11.9 Å². The molecule has 0 bridgehead atoms. The number of carboxylic acids is 2. The van der Waals surface area contributed by atoms with Gasteiger partial charge in [0.2, 0.25) is 0 Å². The zero-order valence-corrected chi connectivity index (χ0v) is 7.93. The number of hydrogen-bond acceptors (Lipinski definition) is 3. The van der Waals surface area contributed by atoms with Crippen molar-refractivity contribution in [1.82, 2.24) is 0 Å². The second-order valence-corrected chi connectivity index (χ2v) is 2.25. The van der Waals surface area contributed by atoms with E-state index in [0.29, 0.717) is 6.42 Å². The Hall–Kier alpha value is -1.62. The Morgan fingerprint density at radius 3 is 2.00 bits per heavy atom. The van der Waals surface area contributed by atoms with Gasteiger partial charge in [0.15, 0.2) is 0 Å². The van der Waals surface area contributed by atoms with Crippen molar-refractivity contribution in [3.05, 3.63) is 24.3 Å². The van der Waals surface area contributed by atoms with E-state index in [1.54, 1.807) is 0 Å². The van der Waals surface area contributed by atoms with Gasteiger partial charge in [-0.2, -0.15) is 0 Å². The van der Waals surface area contributed by atoms with E-state index in [-0.39, 0.29) is 12.2 Å². The van der Waals surface area contributed by atoms with Crippen molar-refractivity contribution in [3.8, 4) is 0 Å². The summed E-state index contributed by atoms with van der Waals surface area (Å²) in [5.41, 5.74) is 0.282. The number of carboxylic acid groups (broad SMARTS) is 2. The molecule has 0 amide bonds. The van der Waals surface area contributed by atoms with E-state index in [1.165, 1.54) is 13.0 Å². The molecule has 0 aromatic rings. The fraction of sp³-hybridized carbons (Fsp3) is 0.333. The summed E-state index contributed by atoms with van der Waals surface area (Å²) in [6, 6.07) is 0. The molecule has 0 heterocycles. The summed E-state index contributed by atoms with van der Waals surface area (Å²) < 4.78 is 0. The first-order valence-electron chi connectivity index (χ1n) is 3.82. The lowest BCUT2D eigenvalue weighted by Gasteiger charge is -1.89.